The summed E-state index contributed by atoms with van der Waals surface area (Å²) in [6.45, 7) is 2.46. The minimum absolute atomic E-state index is 0.0244. The molecule has 1 unspecified atom stereocenters. The molecule has 1 heterocycles. The molecule has 0 radical (unpaired) electrons. The molecule has 1 fully saturated rings. The molecule has 0 aliphatic carbocycles. The van der Waals surface area contributed by atoms with E-state index in [0.29, 0.717) is 28.7 Å². The van der Waals surface area contributed by atoms with Crippen LogP contribution < -0.4 is 19.5 Å². The predicted octanol–water partition coefficient (Wildman–Crippen LogP) is 1.78. The van der Waals surface area contributed by atoms with Gasteiger partial charge < -0.3 is 24.4 Å². The Bertz CT molecular complexity index is 546. The molecule has 1 atom stereocenters. The van der Waals surface area contributed by atoms with Gasteiger partial charge in [-0.1, -0.05) is 0 Å². The maximum absolute atomic E-state index is 12.9. The average Bonchev–Trinajstić information content (AvgIpc) is 2.60. The van der Waals surface area contributed by atoms with Gasteiger partial charge in [-0.25, -0.2) is 0 Å². The number of carbonyl (C=O) groups is 1. The largest absolute Gasteiger partial charge is 0.493 e. The van der Waals surface area contributed by atoms with Gasteiger partial charge in [0.25, 0.3) is 5.91 Å². The number of nitrogens with zero attached hydrogens (tertiary/aromatic N) is 1. The molecule has 1 aliphatic heterocycles. The lowest BCUT2D eigenvalue weighted by molar-refractivity contribution is 0.0670. The summed E-state index contributed by atoms with van der Waals surface area (Å²) in [5, 5.41) is 3.19. The van der Waals surface area contributed by atoms with Gasteiger partial charge in [-0.3, -0.25) is 4.79 Å². The first kappa shape index (κ1) is 17.4. The number of rotatable bonds is 6. The Hall–Kier alpha value is -1.95. The van der Waals surface area contributed by atoms with Crippen LogP contribution in [-0.2, 0) is 0 Å². The zero-order valence-corrected chi connectivity index (χ0v) is 14.3. The van der Waals surface area contributed by atoms with E-state index in [9.17, 15) is 4.79 Å². The third-order valence-corrected chi connectivity index (χ3v) is 4.23. The first-order chi connectivity index (χ1) is 11.2. The number of benzene rings is 1. The molecule has 0 saturated carbocycles. The number of hydrogen-bond donors (Lipinski definition) is 1. The van der Waals surface area contributed by atoms with Crippen LogP contribution in [0.25, 0.3) is 0 Å². The van der Waals surface area contributed by atoms with Crippen molar-refractivity contribution in [3.63, 3.8) is 0 Å². The normalized spacial score (nSPS) is 17.7. The number of hydrogen-bond acceptors (Lipinski definition) is 5. The van der Waals surface area contributed by atoms with Gasteiger partial charge >= 0.3 is 0 Å². The summed E-state index contributed by atoms with van der Waals surface area (Å²) in [7, 11) is 6.58. The first-order valence-electron chi connectivity index (χ1n) is 7.89. The summed E-state index contributed by atoms with van der Waals surface area (Å²) in [6, 6.07) is 3.48. The maximum Gasteiger partial charge on any atom is 0.257 e. The molecule has 128 valence electrons. The van der Waals surface area contributed by atoms with Crippen molar-refractivity contribution in [1.29, 1.82) is 0 Å². The highest BCUT2D eigenvalue weighted by molar-refractivity contribution is 5.98. The molecule has 1 amide bonds. The van der Waals surface area contributed by atoms with Gasteiger partial charge in [0, 0.05) is 13.1 Å². The lowest BCUT2D eigenvalue weighted by Crippen LogP contribution is -2.42. The van der Waals surface area contributed by atoms with E-state index in [1.54, 1.807) is 26.4 Å². The molecule has 23 heavy (non-hydrogen) atoms. The van der Waals surface area contributed by atoms with Crippen molar-refractivity contribution in [2.45, 2.75) is 12.8 Å². The second kappa shape index (κ2) is 8.06. The van der Waals surface area contributed by atoms with Crippen LogP contribution in [0.1, 0.15) is 23.2 Å². The van der Waals surface area contributed by atoms with Crippen LogP contribution in [0.3, 0.4) is 0 Å². The Labute approximate surface area is 137 Å². The van der Waals surface area contributed by atoms with Crippen LogP contribution in [0.15, 0.2) is 12.1 Å². The Morgan fingerprint density at radius 2 is 1.96 bits per heavy atom. The van der Waals surface area contributed by atoms with Crippen molar-refractivity contribution in [2.24, 2.45) is 5.92 Å². The van der Waals surface area contributed by atoms with Gasteiger partial charge in [0.1, 0.15) is 0 Å². The molecule has 0 bridgehead atoms. The monoisotopic (exact) mass is 322 g/mol. The Morgan fingerprint density at radius 1 is 1.22 bits per heavy atom. The van der Waals surface area contributed by atoms with E-state index in [-0.39, 0.29) is 5.91 Å². The zero-order valence-electron chi connectivity index (χ0n) is 14.3. The molecule has 1 saturated heterocycles. The summed E-state index contributed by atoms with van der Waals surface area (Å²) in [6.07, 6.45) is 2.17. The Morgan fingerprint density at radius 3 is 2.57 bits per heavy atom. The quantitative estimate of drug-likeness (QED) is 0.865. The fourth-order valence-electron chi connectivity index (χ4n) is 3.14. The number of carbonyl (C=O) groups excluding carboxylic acids is 1. The number of likely N-dealkylation sites (tertiary alicyclic amines) is 1. The number of piperidine rings is 1. The number of amides is 1. The average molecular weight is 322 g/mol. The lowest BCUT2D eigenvalue weighted by Gasteiger charge is -2.33. The highest BCUT2D eigenvalue weighted by atomic mass is 16.5. The van der Waals surface area contributed by atoms with Crippen LogP contribution in [0.5, 0.6) is 17.2 Å². The van der Waals surface area contributed by atoms with Gasteiger partial charge in [-0.05, 0) is 44.5 Å². The molecule has 1 aliphatic rings. The third-order valence-electron chi connectivity index (χ3n) is 4.23. The van der Waals surface area contributed by atoms with Crippen LogP contribution in [0.2, 0.25) is 0 Å². The van der Waals surface area contributed by atoms with Crippen molar-refractivity contribution in [3.8, 4) is 17.2 Å². The Balaban J connectivity index is 2.28. The number of nitrogens with one attached hydrogen (secondary N) is 1. The second-order valence-electron chi connectivity index (χ2n) is 5.70. The highest BCUT2D eigenvalue weighted by Crippen LogP contribution is 2.40. The SMILES string of the molecule is CNCC1CCCN(C(=O)c2ccc(OC)c(OC)c2OC)C1. The molecule has 0 aromatic heterocycles. The Kier molecular flexibility index (Phi) is 6.10. The first-order valence-corrected chi connectivity index (χ1v) is 7.89. The van der Waals surface area contributed by atoms with Crippen LogP contribution in [0.4, 0.5) is 0 Å². The predicted molar refractivity (Wildman–Crippen MR) is 88.7 cm³/mol. The summed E-state index contributed by atoms with van der Waals surface area (Å²) in [5.41, 5.74) is 0.509. The number of ether oxygens (including phenoxy) is 3. The molecule has 1 N–H and O–H groups in total. The van der Waals surface area contributed by atoms with Crippen LogP contribution >= 0.6 is 0 Å². The van der Waals surface area contributed by atoms with Gasteiger partial charge in [0.05, 0.1) is 26.9 Å². The summed E-state index contributed by atoms with van der Waals surface area (Å²) >= 11 is 0. The zero-order chi connectivity index (χ0) is 16.8. The lowest BCUT2D eigenvalue weighted by atomic mass is 9.97. The van der Waals surface area contributed by atoms with E-state index in [1.165, 1.54) is 7.11 Å². The molecule has 0 spiro atoms. The second-order valence-corrected chi connectivity index (χ2v) is 5.70. The molecule has 1 aromatic rings. The summed E-state index contributed by atoms with van der Waals surface area (Å²) < 4.78 is 16.1. The molecule has 6 heteroatoms. The van der Waals surface area contributed by atoms with Crippen molar-refractivity contribution in [3.05, 3.63) is 17.7 Å². The fraction of sp³-hybridized carbons (Fsp3) is 0.588. The van der Waals surface area contributed by atoms with E-state index in [0.717, 1.165) is 32.5 Å². The van der Waals surface area contributed by atoms with Crippen molar-refractivity contribution in [1.82, 2.24) is 10.2 Å². The van der Waals surface area contributed by atoms with E-state index >= 15 is 0 Å². The van der Waals surface area contributed by atoms with E-state index in [2.05, 4.69) is 5.32 Å². The topological polar surface area (TPSA) is 60.0 Å². The van der Waals surface area contributed by atoms with Crippen molar-refractivity contribution in [2.75, 3.05) is 48.0 Å². The minimum atomic E-state index is -0.0244. The smallest absolute Gasteiger partial charge is 0.257 e. The van der Waals surface area contributed by atoms with E-state index in [1.807, 2.05) is 11.9 Å². The third kappa shape index (κ3) is 3.69. The van der Waals surface area contributed by atoms with Crippen LogP contribution in [0, 0.1) is 5.92 Å². The van der Waals surface area contributed by atoms with Gasteiger partial charge in [-0.15, -0.1) is 0 Å². The maximum atomic E-state index is 12.9. The fourth-order valence-corrected chi connectivity index (χ4v) is 3.14. The van der Waals surface area contributed by atoms with Crippen LogP contribution in [-0.4, -0.2) is 58.8 Å². The van der Waals surface area contributed by atoms with Gasteiger partial charge in [0.2, 0.25) is 5.75 Å². The van der Waals surface area contributed by atoms with E-state index in [4.69, 9.17) is 14.2 Å². The molecule has 1 aromatic carbocycles. The van der Waals surface area contributed by atoms with Crippen molar-refractivity contribution >= 4 is 5.91 Å². The molecular formula is C17H26N2O4. The molecular weight excluding hydrogens is 296 g/mol. The summed E-state index contributed by atoms with van der Waals surface area (Å²) in [5.74, 6) is 1.89. The van der Waals surface area contributed by atoms with Crippen molar-refractivity contribution < 1.29 is 19.0 Å². The number of methoxy groups -OCH3 is 3. The molecule has 2 rings (SSSR count). The standard InChI is InChI=1S/C17H26N2O4/c1-18-10-12-6-5-9-19(11-12)17(20)13-7-8-14(21-2)16(23-4)15(13)22-3/h7-8,12,18H,5-6,9-11H2,1-4H3. The highest BCUT2D eigenvalue weighted by Gasteiger charge is 2.28. The van der Waals surface area contributed by atoms with Gasteiger partial charge in [0.15, 0.2) is 11.5 Å². The van der Waals surface area contributed by atoms with E-state index < -0.39 is 0 Å². The molecule has 6 nitrogen and oxygen atoms in total. The van der Waals surface area contributed by atoms with Gasteiger partial charge in [-0.2, -0.15) is 0 Å². The minimum Gasteiger partial charge on any atom is -0.493 e. The summed E-state index contributed by atoms with van der Waals surface area (Å²) in [4.78, 5) is 14.8.